The third-order valence-electron chi connectivity index (χ3n) is 5.55. The van der Waals surface area contributed by atoms with Gasteiger partial charge in [0.1, 0.15) is 12.4 Å². The molecule has 1 aliphatic rings. The van der Waals surface area contributed by atoms with E-state index >= 15 is 0 Å². The summed E-state index contributed by atoms with van der Waals surface area (Å²) in [5, 5.41) is 0. The quantitative estimate of drug-likeness (QED) is 0.340. The van der Waals surface area contributed by atoms with Gasteiger partial charge in [0.2, 0.25) is 0 Å². The van der Waals surface area contributed by atoms with Gasteiger partial charge in [-0.05, 0) is 55.2 Å². The molecule has 1 aromatic rings. The molecule has 0 saturated heterocycles. The molecular formula is C23H32O6. The third kappa shape index (κ3) is 6.87. The monoisotopic (exact) mass is 404 g/mol. The van der Waals surface area contributed by atoms with Gasteiger partial charge in [-0.2, -0.15) is 0 Å². The number of methoxy groups -OCH3 is 1. The smallest absolute Gasteiger partial charge is 0.311 e. The highest BCUT2D eigenvalue weighted by Gasteiger charge is 2.33. The first-order valence-corrected chi connectivity index (χ1v) is 10.4. The second kappa shape index (κ2) is 11.0. The molecule has 0 heterocycles. The molecule has 0 amide bonds. The molecule has 0 radical (unpaired) electrons. The van der Waals surface area contributed by atoms with E-state index < -0.39 is 5.97 Å². The number of ether oxygens (including phenoxy) is 3. The van der Waals surface area contributed by atoms with Crippen LogP contribution in [0.3, 0.4) is 0 Å². The Kier molecular flexibility index (Phi) is 8.68. The lowest BCUT2D eigenvalue weighted by Gasteiger charge is -2.36. The molecule has 1 unspecified atom stereocenters. The number of hydrogen-bond donors (Lipinski definition) is 0. The van der Waals surface area contributed by atoms with E-state index in [1.54, 1.807) is 6.07 Å². The van der Waals surface area contributed by atoms with E-state index in [0.717, 1.165) is 12.8 Å². The predicted octanol–water partition coefficient (Wildman–Crippen LogP) is 4.59. The Morgan fingerprint density at radius 1 is 1.14 bits per heavy atom. The Labute approximate surface area is 172 Å². The molecular weight excluding hydrogens is 372 g/mol. The Morgan fingerprint density at radius 3 is 2.52 bits per heavy atom. The summed E-state index contributed by atoms with van der Waals surface area (Å²) >= 11 is 0. The van der Waals surface area contributed by atoms with Crippen LogP contribution in [0.5, 0.6) is 11.5 Å². The van der Waals surface area contributed by atoms with E-state index in [1.807, 2.05) is 0 Å². The predicted molar refractivity (Wildman–Crippen MR) is 109 cm³/mol. The van der Waals surface area contributed by atoms with Crippen LogP contribution in [-0.2, 0) is 14.3 Å². The van der Waals surface area contributed by atoms with Gasteiger partial charge in [0.25, 0.3) is 0 Å². The van der Waals surface area contributed by atoms with Crippen molar-refractivity contribution in [3.63, 3.8) is 0 Å². The summed E-state index contributed by atoms with van der Waals surface area (Å²) in [7, 11) is 1.44. The number of hydrogen-bond acceptors (Lipinski definition) is 6. The average molecular weight is 405 g/mol. The average Bonchev–Trinajstić information content (AvgIpc) is 2.68. The Balaban J connectivity index is 1.79. The number of aldehydes is 1. The van der Waals surface area contributed by atoms with Crippen LogP contribution in [0.15, 0.2) is 18.2 Å². The molecule has 0 aliphatic heterocycles. The van der Waals surface area contributed by atoms with Gasteiger partial charge in [-0.25, -0.2) is 0 Å². The van der Waals surface area contributed by atoms with Crippen molar-refractivity contribution in [1.82, 2.24) is 0 Å². The molecule has 1 aliphatic carbocycles. The summed E-state index contributed by atoms with van der Waals surface area (Å²) in [5.41, 5.74) is 0.432. The SMILES string of the molecule is COc1cc(C=O)ccc1OC(=O)CCCC(=O)O[C@@H]1C[C@H](C)CCC1C(C)C. The van der Waals surface area contributed by atoms with Gasteiger partial charge >= 0.3 is 11.9 Å². The van der Waals surface area contributed by atoms with Crippen LogP contribution in [-0.4, -0.2) is 31.4 Å². The lowest BCUT2D eigenvalue weighted by molar-refractivity contribution is -0.156. The number of carbonyl (C=O) groups excluding carboxylic acids is 3. The highest BCUT2D eigenvalue weighted by atomic mass is 16.6. The largest absolute Gasteiger partial charge is 0.493 e. The molecule has 6 nitrogen and oxygen atoms in total. The fourth-order valence-electron chi connectivity index (χ4n) is 3.87. The van der Waals surface area contributed by atoms with Gasteiger partial charge in [-0.1, -0.05) is 27.2 Å². The maximum absolute atomic E-state index is 12.3. The molecule has 0 N–H and O–H groups in total. The molecule has 0 spiro atoms. The lowest BCUT2D eigenvalue weighted by Crippen LogP contribution is -2.35. The third-order valence-corrected chi connectivity index (χ3v) is 5.55. The van der Waals surface area contributed by atoms with Crippen LogP contribution in [0.1, 0.15) is 69.7 Å². The lowest BCUT2D eigenvalue weighted by atomic mass is 9.75. The van der Waals surface area contributed by atoms with Crippen LogP contribution in [0.2, 0.25) is 0 Å². The van der Waals surface area contributed by atoms with E-state index in [-0.39, 0.29) is 30.7 Å². The summed E-state index contributed by atoms with van der Waals surface area (Å²) in [5.74, 6) is 1.31. The number of esters is 2. The first-order chi connectivity index (χ1) is 13.8. The van der Waals surface area contributed by atoms with Crippen LogP contribution in [0.4, 0.5) is 0 Å². The summed E-state index contributed by atoms with van der Waals surface area (Å²) in [6, 6.07) is 4.57. The summed E-state index contributed by atoms with van der Waals surface area (Å²) < 4.78 is 16.2. The Hall–Kier alpha value is -2.37. The molecule has 2 rings (SSSR count). The minimum absolute atomic E-state index is 0.0289. The zero-order chi connectivity index (χ0) is 21.4. The minimum atomic E-state index is -0.457. The van der Waals surface area contributed by atoms with E-state index in [0.29, 0.717) is 41.8 Å². The fourth-order valence-corrected chi connectivity index (χ4v) is 3.87. The topological polar surface area (TPSA) is 78.9 Å². The van der Waals surface area contributed by atoms with Crippen molar-refractivity contribution in [3.8, 4) is 11.5 Å². The molecule has 29 heavy (non-hydrogen) atoms. The van der Waals surface area contributed by atoms with Crippen LogP contribution in [0, 0.1) is 17.8 Å². The molecule has 6 heteroatoms. The first-order valence-electron chi connectivity index (χ1n) is 10.4. The normalized spacial score (nSPS) is 21.5. The van der Waals surface area contributed by atoms with E-state index in [4.69, 9.17) is 14.2 Å². The van der Waals surface area contributed by atoms with E-state index in [9.17, 15) is 14.4 Å². The van der Waals surface area contributed by atoms with Crippen LogP contribution < -0.4 is 9.47 Å². The molecule has 160 valence electrons. The molecule has 3 atom stereocenters. The summed E-state index contributed by atoms with van der Waals surface area (Å²) in [6.45, 7) is 6.55. The molecule has 1 fully saturated rings. The van der Waals surface area contributed by atoms with Gasteiger partial charge in [-0.15, -0.1) is 0 Å². The highest BCUT2D eigenvalue weighted by Crippen LogP contribution is 2.35. The Morgan fingerprint density at radius 2 is 1.86 bits per heavy atom. The van der Waals surface area contributed by atoms with Gasteiger partial charge in [-0.3, -0.25) is 14.4 Å². The highest BCUT2D eigenvalue weighted by molar-refractivity contribution is 5.78. The number of benzene rings is 1. The summed E-state index contributed by atoms with van der Waals surface area (Å²) in [6.07, 6.45) is 4.49. The fraction of sp³-hybridized carbons (Fsp3) is 0.609. The second-order valence-corrected chi connectivity index (χ2v) is 8.21. The molecule has 1 saturated carbocycles. The zero-order valence-electron chi connectivity index (χ0n) is 17.8. The maximum Gasteiger partial charge on any atom is 0.311 e. The van der Waals surface area contributed by atoms with Gasteiger partial charge in [0.15, 0.2) is 11.5 Å². The molecule has 1 aromatic carbocycles. The van der Waals surface area contributed by atoms with Crippen molar-refractivity contribution < 1.29 is 28.6 Å². The van der Waals surface area contributed by atoms with Crippen molar-refractivity contribution in [2.45, 2.75) is 65.4 Å². The van der Waals surface area contributed by atoms with Gasteiger partial charge in [0, 0.05) is 18.4 Å². The van der Waals surface area contributed by atoms with Crippen LogP contribution >= 0.6 is 0 Å². The van der Waals surface area contributed by atoms with Crippen molar-refractivity contribution in [3.05, 3.63) is 23.8 Å². The van der Waals surface area contributed by atoms with Gasteiger partial charge in [0.05, 0.1) is 7.11 Å². The standard InChI is InChI=1S/C23H32O6/c1-15(2)18-10-8-16(3)12-20(18)29-23(26)7-5-6-22(25)28-19-11-9-17(14-24)13-21(19)27-4/h9,11,13-16,18,20H,5-8,10,12H2,1-4H3/t16-,18?,20-/m1/s1. The van der Waals surface area contributed by atoms with Crippen LogP contribution in [0.25, 0.3) is 0 Å². The molecule has 0 aromatic heterocycles. The van der Waals surface area contributed by atoms with Gasteiger partial charge < -0.3 is 14.2 Å². The van der Waals surface area contributed by atoms with E-state index in [1.165, 1.54) is 25.7 Å². The molecule has 0 bridgehead atoms. The van der Waals surface area contributed by atoms with Crippen molar-refractivity contribution in [1.29, 1.82) is 0 Å². The first kappa shape index (κ1) is 22.9. The number of carbonyl (C=O) groups is 3. The van der Waals surface area contributed by atoms with E-state index in [2.05, 4.69) is 20.8 Å². The van der Waals surface area contributed by atoms with Crippen molar-refractivity contribution in [2.24, 2.45) is 17.8 Å². The summed E-state index contributed by atoms with van der Waals surface area (Å²) in [4.78, 5) is 35.2. The number of rotatable bonds is 9. The Bertz CT molecular complexity index is 711. The zero-order valence-corrected chi connectivity index (χ0v) is 17.8. The maximum atomic E-state index is 12.3. The van der Waals surface area contributed by atoms with Crippen molar-refractivity contribution >= 4 is 18.2 Å². The van der Waals surface area contributed by atoms with Crippen molar-refractivity contribution in [2.75, 3.05) is 7.11 Å². The second-order valence-electron chi connectivity index (χ2n) is 8.21. The minimum Gasteiger partial charge on any atom is -0.493 e.